The number of hydrogen-bond acceptors (Lipinski definition) is 1. The fraction of sp³-hybridized carbons (Fsp3) is 0.254. The van der Waals surface area contributed by atoms with Crippen LogP contribution in [0.4, 0.5) is 17.1 Å². The number of benzene rings is 7. The third kappa shape index (κ3) is 4.87. The van der Waals surface area contributed by atoms with Gasteiger partial charge in [-0.1, -0.05) is 135 Å². The molecule has 0 unspecified atom stereocenters. The van der Waals surface area contributed by atoms with Gasteiger partial charge < -0.3 is 4.90 Å². The fourth-order valence-electron chi connectivity index (χ4n) is 13.9. The Morgan fingerprint density at radius 2 is 1.15 bits per heavy atom. The van der Waals surface area contributed by atoms with Gasteiger partial charge in [-0.2, -0.15) is 0 Å². The van der Waals surface area contributed by atoms with E-state index in [1.54, 1.807) is 11.1 Å². The molecule has 0 atom stereocenters. The first-order valence-corrected chi connectivity index (χ1v) is 22.7. The van der Waals surface area contributed by atoms with Gasteiger partial charge in [-0.15, -0.1) is 0 Å². The zero-order chi connectivity index (χ0) is 39.7. The molecule has 4 fully saturated rings. The van der Waals surface area contributed by atoms with Crippen molar-refractivity contribution >= 4 is 33.4 Å². The van der Waals surface area contributed by atoms with E-state index in [9.17, 15) is 0 Å². The number of rotatable bonds is 5. The molecule has 0 aromatic heterocycles. The molecule has 4 saturated carbocycles. The Bertz CT molecular complexity index is 2940. The highest BCUT2D eigenvalue weighted by atomic mass is 15.1. The first-order chi connectivity index (χ1) is 29.4. The van der Waals surface area contributed by atoms with E-state index in [0.29, 0.717) is 0 Å². The van der Waals surface area contributed by atoms with Crippen LogP contribution in [-0.4, -0.2) is 0 Å². The third-order valence-electron chi connectivity index (χ3n) is 16.3. The second-order valence-electron chi connectivity index (χ2n) is 19.6. The van der Waals surface area contributed by atoms with Gasteiger partial charge in [0.05, 0.1) is 0 Å². The van der Waals surface area contributed by atoms with Crippen LogP contribution in [0.15, 0.2) is 164 Å². The van der Waals surface area contributed by atoms with Crippen LogP contribution < -0.4 is 4.90 Å². The van der Waals surface area contributed by atoms with Gasteiger partial charge >= 0.3 is 0 Å². The molecule has 1 heteroatoms. The molecule has 4 bridgehead atoms. The quantitative estimate of drug-likeness (QED) is 0.168. The van der Waals surface area contributed by atoms with Gasteiger partial charge in [-0.05, 0) is 189 Å². The Morgan fingerprint density at radius 3 is 1.95 bits per heavy atom. The summed E-state index contributed by atoms with van der Waals surface area (Å²) in [5.74, 6) is 3.30. The summed E-state index contributed by atoms with van der Waals surface area (Å²) < 4.78 is 0. The number of anilines is 3. The normalized spacial score (nSPS) is 24.6. The maximum atomic E-state index is 2.61. The van der Waals surface area contributed by atoms with Crippen LogP contribution in [0.1, 0.15) is 86.6 Å². The van der Waals surface area contributed by atoms with E-state index in [1.807, 2.05) is 0 Å². The first-order valence-electron chi connectivity index (χ1n) is 22.7. The van der Waals surface area contributed by atoms with E-state index < -0.39 is 0 Å². The molecule has 60 heavy (non-hydrogen) atoms. The summed E-state index contributed by atoms with van der Waals surface area (Å²) in [6, 6.07) is 56.3. The van der Waals surface area contributed by atoms with Gasteiger partial charge in [0.2, 0.25) is 0 Å². The Labute approximate surface area is 355 Å². The molecule has 7 aromatic rings. The summed E-state index contributed by atoms with van der Waals surface area (Å²) >= 11 is 0. The lowest BCUT2D eigenvalue weighted by molar-refractivity contribution is -0.0399. The van der Waals surface area contributed by atoms with Crippen molar-refractivity contribution in [1.29, 1.82) is 0 Å². The Balaban J connectivity index is 1.01. The van der Waals surface area contributed by atoms with Crippen LogP contribution in [0, 0.1) is 23.7 Å². The third-order valence-corrected chi connectivity index (χ3v) is 16.3. The fourth-order valence-corrected chi connectivity index (χ4v) is 13.9. The standard InChI is InChI=1S/C59H51N/c1-58(2)53-17-9-8-15-50(53)51-27-25-48(36-56(51)58)60(46-23-21-40(22-24-46)43-20-19-39-11-6-7-14-42(39)34-43)47-26-28-54-52(35-47)57-49(41-12-4-3-5-13-41)16-10-18-55(57)59(54)44-30-37-29-38(32-44)33-45(59)31-37/h3-4,6-12,14-28,34-38,44-45H,5,13,29-33H2,1-2H3. The summed E-state index contributed by atoms with van der Waals surface area (Å²) in [6.07, 6.45) is 16.3. The van der Waals surface area contributed by atoms with Gasteiger partial charge in [0.1, 0.15) is 0 Å². The Kier molecular flexibility index (Phi) is 7.44. The maximum Gasteiger partial charge on any atom is 0.0468 e. The molecule has 1 nitrogen and oxygen atoms in total. The van der Waals surface area contributed by atoms with Crippen molar-refractivity contribution in [1.82, 2.24) is 0 Å². The summed E-state index contributed by atoms with van der Waals surface area (Å²) in [5.41, 5.74) is 20.9. The van der Waals surface area contributed by atoms with Crippen LogP contribution in [0.3, 0.4) is 0 Å². The van der Waals surface area contributed by atoms with Crippen molar-refractivity contribution in [2.75, 3.05) is 4.90 Å². The van der Waals surface area contributed by atoms with E-state index in [-0.39, 0.29) is 10.8 Å². The van der Waals surface area contributed by atoms with E-state index in [2.05, 4.69) is 183 Å². The second kappa shape index (κ2) is 12.8. The van der Waals surface area contributed by atoms with Gasteiger partial charge in [0.15, 0.2) is 0 Å². The Hall–Kier alpha value is -5.92. The van der Waals surface area contributed by atoms with Crippen LogP contribution >= 0.6 is 0 Å². The lowest BCUT2D eigenvalue weighted by atomic mass is 9.43. The van der Waals surface area contributed by atoms with Gasteiger partial charge in [0.25, 0.3) is 0 Å². The highest BCUT2D eigenvalue weighted by molar-refractivity contribution is 5.95. The largest absolute Gasteiger partial charge is 0.310 e. The molecule has 7 aromatic carbocycles. The number of hydrogen-bond donors (Lipinski definition) is 0. The van der Waals surface area contributed by atoms with E-state index in [4.69, 9.17) is 0 Å². The Morgan fingerprint density at radius 1 is 0.483 bits per heavy atom. The van der Waals surface area contributed by atoms with Crippen molar-refractivity contribution in [3.63, 3.8) is 0 Å². The summed E-state index contributed by atoms with van der Waals surface area (Å²) in [7, 11) is 0. The average Bonchev–Trinajstić information content (AvgIpc) is 3.71. The molecular weight excluding hydrogens is 723 g/mol. The molecule has 14 rings (SSSR count). The van der Waals surface area contributed by atoms with Gasteiger partial charge in [0, 0.05) is 27.9 Å². The highest BCUT2D eigenvalue weighted by Gasteiger charge is 2.62. The van der Waals surface area contributed by atoms with Crippen LogP contribution in [-0.2, 0) is 10.8 Å². The number of allylic oxidation sites excluding steroid dienone is 4. The zero-order valence-electron chi connectivity index (χ0n) is 34.8. The minimum absolute atomic E-state index is 0.0899. The van der Waals surface area contributed by atoms with Crippen LogP contribution in [0.5, 0.6) is 0 Å². The first kappa shape index (κ1) is 34.9. The molecule has 0 N–H and O–H groups in total. The van der Waals surface area contributed by atoms with Crippen LogP contribution in [0.25, 0.3) is 49.7 Å². The smallest absolute Gasteiger partial charge is 0.0468 e. The van der Waals surface area contributed by atoms with Crippen molar-refractivity contribution in [3.05, 3.63) is 192 Å². The highest BCUT2D eigenvalue weighted by Crippen LogP contribution is 2.70. The topological polar surface area (TPSA) is 3.24 Å². The molecule has 7 aliphatic carbocycles. The summed E-state index contributed by atoms with van der Waals surface area (Å²) in [5, 5.41) is 2.55. The molecule has 0 saturated heterocycles. The molecule has 7 aliphatic rings. The molecule has 0 amide bonds. The van der Waals surface area contributed by atoms with Gasteiger partial charge in [-0.3, -0.25) is 0 Å². The second-order valence-corrected chi connectivity index (χ2v) is 19.6. The zero-order valence-corrected chi connectivity index (χ0v) is 34.8. The van der Waals surface area contributed by atoms with E-state index >= 15 is 0 Å². The molecule has 0 heterocycles. The summed E-state index contributed by atoms with van der Waals surface area (Å²) in [6.45, 7) is 4.80. The predicted octanol–water partition coefficient (Wildman–Crippen LogP) is 15.7. The minimum atomic E-state index is -0.0899. The van der Waals surface area contributed by atoms with Crippen molar-refractivity contribution in [3.8, 4) is 33.4 Å². The number of fused-ring (bicyclic) bond motifs is 7. The van der Waals surface area contributed by atoms with Crippen LogP contribution in [0.2, 0.25) is 0 Å². The molecule has 1 spiro atoms. The lowest BCUT2D eigenvalue weighted by Crippen LogP contribution is -2.55. The minimum Gasteiger partial charge on any atom is -0.310 e. The maximum absolute atomic E-state index is 2.61. The van der Waals surface area contributed by atoms with Crippen molar-refractivity contribution in [2.24, 2.45) is 23.7 Å². The monoisotopic (exact) mass is 773 g/mol. The number of nitrogens with zero attached hydrogens (tertiary/aromatic N) is 1. The van der Waals surface area contributed by atoms with Gasteiger partial charge in [-0.25, -0.2) is 0 Å². The van der Waals surface area contributed by atoms with E-state index in [0.717, 1.165) is 36.5 Å². The molecule has 0 radical (unpaired) electrons. The molecule has 292 valence electrons. The van der Waals surface area contributed by atoms with Crippen molar-refractivity contribution < 1.29 is 0 Å². The molecular formula is C59H51N. The average molecular weight is 774 g/mol. The van der Waals surface area contributed by atoms with E-state index in [1.165, 1.54) is 116 Å². The SMILES string of the molecule is CC1(C)c2ccccc2-c2ccc(N(c3ccc(-c4ccc5ccccc5c4)cc3)c3ccc4c(c3)-c3c(C5=CC=CCC5)cccc3C43C4CC5CC(C4)CC3C5)cc21. The lowest BCUT2D eigenvalue weighted by Gasteiger charge is -2.61. The predicted molar refractivity (Wildman–Crippen MR) is 251 cm³/mol. The molecule has 0 aliphatic heterocycles. The van der Waals surface area contributed by atoms with Crippen molar-refractivity contribution in [2.45, 2.75) is 69.6 Å². The summed E-state index contributed by atoms with van der Waals surface area (Å²) in [4.78, 5) is 2.55.